The van der Waals surface area contributed by atoms with E-state index in [9.17, 15) is 9.59 Å². The lowest BCUT2D eigenvalue weighted by Crippen LogP contribution is -2.13. The van der Waals surface area contributed by atoms with Crippen LogP contribution >= 0.6 is 0 Å². The molecule has 0 unspecified atom stereocenters. The Morgan fingerprint density at radius 3 is 2.56 bits per heavy atom. The zero-order valence-corrected chi connectivity index (χ0v) is 10.6. The SMILES string of the molecule is C[C@H](C(=O)O)c1cccc(C(=O)C2CCCC2)c1. The van der Waals surface area contributed by atoms with Gasteiger partial charge in [0.1, 0.15) is 0 Å². The summed E-state index contributed by atoms with van der Waals surface area (Å²) in [7, 11) is 0. The molecule has 1 aliphatic carbocycles. The van der Waals surface area contributed by atoms with Crippen LogP contribution in [-0.4, -0.2) is 16.9 Å². The summed E-state index contributed by atoms with van der Waals surface area (Å²) in [6.45, 7) is 1.64. The van der Waals surface area contributed by atoms with E-state index in [1.165, 1.54) is 0 Å². The summed E-state index contributed by atoms with van der Waals surface area (Å²) in [6.07, 6.45) is 4.19. The molecule has 1 aromatic rings. The average Bonchev–Trinajstić information content (AvgIpc) is 2.91. The Morgan fingerprint density at radius 2 is 1.94 bits per heavy atom. The van der Waals surface area contributed by atoms with Gasteiger partial charge in [0.2, 0.25) is 0 Å². The first-order valence-corrected chi connectivity index (χ1v) is 6.46. The molecule has 1 aliphatic rings. The highest BCUT2D eigenvalue weighted by atomic mass is 16.4. The number of hydrogen-bond acceptors (Lipinski definition) is 2. The van der Waals surface area contributed by atoms with Crippen molar-refractivity contribution in [3.8, 4) is 0 Å². The van der Waals surface area contributed by atoms with Crippen molar-refractivity contribution in [3.05, 3.63) is 35.4 Å². The summed E-state index contributed by atoms with van der Waals surface area (Å²) in [6, 6.07) is 7.07. The smallest absolute Gasteiger partial charge is 0.310 e. The van der Waals surface area contributed by atoms with Crippen LogP contribution in [0.25, 0.3) is 0 Å². The van der Waals surface area contributed by atoms with E-state index in [0.29, 0.717) is 11.1 Å². The third-order valence-corrected chi connectivity index (χ3v) is 3.77. The summed E-state index contributed by atoms with van der Waals surface area (Å²) < 4.78 is 0. The first kappa shape index (κ1) is 12.8. The molecule has 0 heterocycles. The van der Waals surface area contributed by atoms with Crippen LogP contribution in [0.3, 0.4) is 0 Å². The molecule has 1 fully saturated rings. The molecule has 0 spiro atoms. The van der Waals surface area contributed by atoms with Crippen LogP contribution in [0.15, 0.2) is 24.3 Å². The molecule has 1 N–H and O–H groups in total. The van der Waals surface area contributed by atoms with Gasteiger partial charge in [0, 0.05) is 11.5 Å². The van der Waals surface area contributed by atoms with E-state index in [4.69, 9.17) is 5.11 Å². The topological polar surface area (TPSA) is 54.4 Å². The van der Waals surface area contributed by atoms with Crippen LogP contribution in [0, 0.1) is 5.92 Å². The monoisotopic (exact) mass is 246 g/mol. The summed E-state index contributed by atoms with van der Waals surface area (Å²) in [4.78, 5) is 23.2. The number of benzene rings is 1. The predicted octanol–water partition coefficient (Wildman–Crippen LogP) is 3.25. The third kappa shape index (κ3) is 2.61. The summed E-state index contributed by atoms with van der Waals surface area (Å²) in [5, 5.41) is 8.99. The number of Topliss-reactive ketones (excluding diaryl/α,β-unsaturated/α-hetero) is 1. The molecule has 0 aromatic heterocycles. The van der Waals surface area contributed by atoms with Crippen molar-refractivity contribution in [1.82, 2.24) is 0 Å². The Kier molecular flexibility index (Phi) is 3.80. The van der Waals surface area contributed by atoms with Crippen molar-refractivity contribution >= 4 is 11.8 Å². The van der Waals surface area contributed by atoms with Crippen molar-refractivity contribution < 1.29 is 14.7 Å². The van der Waals surface area contributed by atoms with Gasteiger partial charge in [0.25, 0.3) is 0 Å². The van der Waals surface area contributed by atoms with Gasteiger partial charge in [-0.2, -0.15) is 0 Å². The van der Waals surface area contributed by atoms with Crippen LogP contribution in [-0.2, 0) is 4.79 Å². The standard InChI is InChI=1S/C15H18O3/c1-10(15(17)18)12-7-4-8-13(9-12)14(16)11-5-2-3-6-11/h4,7-11H,2-3,5-6H2,1H3,(H,17,18)/t10-/m0/s1. The molecule has 1 saturated carbocycles. The molecule has 1 atom stereocenters. The second kappa shape index (κ2) is 5.34. The van der Waals surface area contributed by atoms with Crippen molar-refractivity contribution in [2.45, 2.75) is 38.5 Å². The first-order chi connectivity index (χ1) is 8.59. The number of carboxylic acids is 1. The fourth-order valence-electron chi connectivity index (χ4n) is 2.53. The Morgan fingerprint density at radius 1 is 1.28 bits per heavy atom. The first-order valence-electron chi connectivity index (χ1n) is 6.46. The fourth-order valence-corrected chi connectivity index (χ4v) is 2.53. The molecule has 0 saturated heterocycles. The number of carboxylic acid groups (broad SMARTS) is 1. The Labute approximate surface area is 107 Å². The van der Waals surface area contributed by atoms with Gasteiger partial charge in [-0.25, -0.2) is 0 Å². The minimum Gasteiger partial charge on any atom is -0.481 e. The minimum absolute atomic E-state index is 0.139. The molecular formula is C15H18O3. The van der Waals surface area contributed by atoms with Crippen LogP contribution < -0.4 is 0 Å². The number of carbonyl (C=O) groups is 2. The largest absolute Gasteiger partial charge is 0.481 e. The van der Waals surface area contributed by atoms with E-state index >= 15 is 0 Å². The highest BCUT2D eigenvalue weighted by Gasteiger charge is 2.24. The Bertz CT molecular complexity index is 459. The number of carbonyl (C=O) groups excluding carboxylic acids is 1. The average molecular weight is 246 g/mol. The van der Waals surface area contributed by atoms with Crippen LogP contribution in [0.2, 0.25) is 0 Å². The van der Waals surface area contributed by atoms with Gasteiger partial charge >= 0.3 is 5.97 Å². The van der Waals surface area contributed by atoms with Gasteiger partial charge in [-0.3, -0.25) is 9.59 Å². The molecule has 1 aromatic carbocycles. The number of ketones is 1. The maximum absolute atomic E-state index is 12.2. The Hall–Kier alpha value is -1.64. The van der Waals surface area contributed by atoms with Gasteiger partial charge in [0.15, 0.2) is 5.78 Å². The van der Waals surface area contributed by atoms with E-state index in [1.54, 1.807) is 31.2 Å². The third-order valence-electron chi connectivity index (χ3n) is 3.77. The molecule has 18 heavy (non-hydrogen) atoms. The summed E-state index contributed by atoms with van der Waals surface area (Å²) >= 11 is 0. The molecule has 0 radical (unpaired) electrons. The van der Waals surface area contributed by atoms with Crippen molar-refractivity contribution in [3.63, 3.8) is 0 Å². The van der Waals surface area contributed by atoms with Gasteiger partial charge in [-0.05, 0) is 31.4 Å². The minimum atomic E-state index is -0.861. The molecule has 3 heteroatoms. The van der Waals surface area contributed by atoms with Gasteiger partial charge in [-0.1, -0.05) is 31.0 Å². The number of aliphatic carboxylic acids is 1. The quantitative estimate of drug-likeness (QED) is 0.830. The van der Waals surface area contributed by atoms with Crippen LogP contribution in [0.5, 0.6) is 0 Å². The second-order valence-corrected chi connectivity index (χ2v) is 5.03. The predicted molar refractivity (Wildman–Crippen MR) is 68.8 cm³/mol. The number of hydrogen-bond donors (Lipinski definition) is 1. The van der Waals surface area contributed by atoms with E-state index in [0.717, 1.165) is 25.7 Å². The van der Waals surface area contributed by atoms with Gasteiger partial charge in [0.05, 0.1) is 5.92 Å². The second-order valence-electron chi connectivity index (χ2n) is 5.03. The highest BCUT2D eigenvalue weighted by Crippen LogP contribution is 2.28. The zero-order valence-electron chi connectivity index (χ0n) is 10.6. The van der Waals surface area contributed by atoms with Crippen molar-refractivity contribution in [1.29, 1.82) is 0 Å². The molecule has 3 nitrogen and oxygen atoms in total. The van der Waals surface area contributed by atoms with Crippen molar-refractivity contribution in [2.24, 2.45) is 5.92 Å². The summed E-state index contributed by atoms with van der Waals surface area (Å²) in [5.74, 6) is -1.12. The molecular weight excluding hydrogens is 228 g/mol. The normalized spacial score (nSPS) is 17.6. The van der Waals surface area contributed by atoms with E-state index < -0.39 is 11.9 Å². The molecule has 2 rings (SSSR count). The maximum atomic E-state index is 12.2. The van der Waals surface area contributed by atoms with Crippen LogP contribution in [0.4, 0.5) is 0 Å². The van der Waals surface area contributed by atoms with Gasteiger partial charge in [-0.15, -0.1) is 0 Å². The van der Waals surface area contributed by atoms with Gasteiger partial charge < -0.3 is 5.11 Å². The summed E-state index contributed by atoms with van der Waals surface area (Å²) in [5.41, 5.74) is 1.36. The van der Waals surface area contributed by atoms with Crippen molar-refractivity contribution in [2.75, 3.05) is 0 Å². The zero-order chi connectivity index (χ0) is 13.1. The van der Waals surface area contributed by atoms with Crippen LogP contribution in [0.1, 0.15) is 54.4 Å². The molecule has 96 valence electrons. The number of rotatable bonds is 4. The Balaban J connectivity index is 2.21. The lowest BCUT2D eigenvalue weighted by Gasteiger charge is -2.11. The van der Waals surface area contributed by atoms with E-state index in [-0.39, 0.29) is 11.7 Å². The molecule has 0 bridgehead atoms. The van der Waals surface area contributed by atoms with E-state index in [2.05, 4.69) is 0 Å². The molecule has 0 aliphatic heterocycles. The maximum Gasteiger partial charge on any atom is 0.310 e. The highest BCUT2D eigenvalue weighted by molar-refractivity contribution is 5.98. The lowest BCUT2D eigenvalue weighted by molar-refractivity contribution is -0.138. The fraction of sp³-hybridized carbons (Fsp3) is 0.467. The lowest BCUT2D eigenvalue weighted by atomic mass is 9.92. The molecule has 0 amide bonds. The van der Waals surface area contributed by atoms with E-state index in [1.807, 2.05) is 0 Å².